The van der Waals surface area contributed by atoms with Crippen molar-refractivity contribution in [2.24, 2.45) is 0 Å². The first-order valence-electron chi connectivity index (χ1n) is 14.2. The highest BCUT2D eigenvalue weighted by Crippen LogP contribution is 2.16. The van der Waals surface area contributed by atoms with Gasteiger partial charge in [-0.3, -0.25) is 14.4 Å². The molecule has 0 aliphatic heterocycles. The Hall–Kier alpha value is -6.45. The van der Waals surface area contributed by atoms with Crippen molar-refractivity contribution in [2.75, 3.05) is 10.6 Å². The number of nitrogens with one attached hydrogen (secondary N) is 2. The first kappa shape index (κ1) is 39.6. The van der Waals surface area contributed by atoms with Crippen molar-refractivity contribution in [1.29, 1.82) is 0 Å². The summed E-state index contributed by atoms with van der Waals surface area (Å²) in [5.74, 6) is -2.78. The third-order valence-electron chi connectivity index (χ3n) is 6.51. The van der Waals surface area contributed by atoms with Crippen molar-refractivity contribution in [3.05, 3.63) is 136 Å². The maximum Gasteiger partial charge on any atom is 0.373 e. The number of hydrogen-bond acceptors (Lipinski definition) is 7. The molecule has 0 aliphatic rings. The van der Waals surface area contributed by atoms with Gasteiger partial charge in [0.15, 0.2) is 0 Å². The molecule has 0 heterocycles. The van der Waals surface area contributed by atoms with Crippen LogP contribution in [0.4, 0.5) is 11.4 Å². The fourth-order valence-electron chi connectivity index (χ4n) is 3.80. The van der Waals surface area contributed by atoms with E-state index in [1.165, 1.54) is 41.8 Å². The van der Waals surface area contributed by atoms with E-state index < -0.39 is 11.9 Å². The van der Waals surface area contributed by atoms with E-state index in [1.54, 1.807) is 42.5 Å². The van der Waals surface area contributed by atoms with Crippen LogP contribution in [-0.4, -0.2) is 46.4 Å². The van der Waals surface area contributed by atoms with E-state index >= 15 is 0 Å². The van der Waals surface area contributed by atoms with Crippen LogP contribution in [0.3, 0.4) is 0 Å². The number of amides is 2. The van der Waals surface area contributed by atoms with Gasteiger partial charge in [-0.05, 0) is 91.9 Å². The Morgan fingerprint density at radius 3 is 1.46 bits per heavy atom. The zero-order valence-corrected chi connectivity index (χ0v) is 27.1. The van der Waals surface area contributed by atoms with Crippen LogP contribution >= 0.6 is 0 Å². The molecule has 48 heavy (non-hydrogen) atoms. The molecule has 0 spiro atoms. The molecule has 4 aromatic rings. The van der Waals surface area contributed by atoms with Gasteiger partial charge in [0.25, 0.3) is 0 Å². The van der Waals surface area contributed by atoms with Crippen LogP contribution in [0.15, 0.2) is 91.0 Å². The van der Waals surface area contributed by atoms with Crippen molar-refractivity contribution in [1.82, 2.24) is 0 Å². The van der Waals surface area contributed by atoms with Crippen molar-refractivity contribution in [3.8, 4) is 0 Å². The number of aryl methyl sites for hydroxylation is 4. The summed E-state index contributed by atoms with van der Waals surface area (Å²) in [7, 11) is 0. The minimum Gasteiger partial charge on any atom is -0.478 e. The van der Waals surface area contributed by atoms with E-state index in [9.17, 15) is 24.0 Å². The number of carbonyl (C=O) groups excluding carboxylic acids is 5. The quantitative estimate of drug-likeness (QED) is 0.127. The van der Waals surface area contributed by atoms with Crippen molar-refractivity contribution < 1.29 is 43.8 Å². The summed E-state index contributed by atoms with van der Waals surface area (Å²) in [6.07, 6.45) is 4.21. The van der Waals surface area contributed by atoms with E-state index in [1.807, 2.05) is 64.1 Å². The molecule has 2 amide bonds. The molecule has 0 radical (unpaired) electrons. The number of carbonyl (C=O) groups is 5. The Labute approximate surface area is 277 Å². The van der Waals surface area contributed by atoms with Gasteiger partial charge in [0.1, 0.15) is 6.29 Å². The van der Waals surface area contributed by atoms with Gasteiger partial charge in [-0.2, -0.15) is 9.59 Å². The Morgan fingerprint density at radius 2 is 1.04 bits per heavy atom. The van der Waals surface area contributed by atoms with E-state index in [2.05, 4.69) is 10.6 Å². The SMILES string of the molecule is CC(=O)Nc1ccccc1C(=O)O.Cc1ccc(/C=C/C(=O)Nc2ccccc2C(=O)O)cc1C.Cc1ccc(C=O)cc1C.O=C=O. The minimum absolute atomic E-state index is 0.0652. The summed E-state index contributed by atoms with van der Waals surface area (Å²) in [5.41, 5.74) is 7.18. The number of para-hydroxylation sites is 2. The third kappa shape index (κ3) is 14.1. The normalized spacial score (nSPS) is 9.52. The Balaban J connectivity index is 0.000000375. The average Bonchev–Trinajstić information content (AvgIpc) is 3.04. The Kier molecular flexibility index (Phi) is 16.9. The molecule has 4 N–H and O–H groups in total. The van der Waals surface area contributed by atoms with Crippen molar-refractivity contribution >= 4 is 53.6 Å². The second kappa shape index (κ2) is 20.6. The molecule has 0 fully saturated rings. The molecular formula is C37H36N2O9. The minimum atomic E-state index is -1.07. The van der Waals surface area contributed by atoms with Crippen LogP contribution in [0.5, 0.6) is 0 Å². The molecule has 0 aromatic heterocycles. The highest BCUT2D eigenvalue weighted by atomic mass is 16.4. The molecule has 0 saturated heterocycles. The van der Waals surface area contributed by atoms with Crippen LogP contribution in [0.25, 0.3) is 6.08 Å². The van der Waals surface area contributed by atoms with Crippen LogP contribution < -0.4 is 10.6 Å². The topological polar surface area (TPSA) is 184 Å². The third-order valence-corrected chi connectivity index (χ3v) is 6.51. The molecule has 0 saturated carbocycles. The van der Waals surface area contributed by atoms with Gasteiger partial charge >= 0.3 is 18.1 Å². The van der Waals surface area contributed by atoms with E-state index in [0.29, 0.717) is 5.69 Å². The Bertz CT molecular complexity index is 1820. The van der Waals surface area contributed by atoms with Gasteiger partial charge in [0.2, 0.25) is 11.8 Å². The summed E-state index contributed by atoms with van der Waals surface area (Å²) in [4.78, 5) is 70.9. The van der Waals surface area contributed by atoms with Crippen LogP contribution in [0.2, 0.25) is 0 Å². The summed E-state index contributed by atoms with van der Waals surface area (Å²) in [6.45, 7) is 9.40. The molecule has 11 heteroatoms. The van der Waals surface area contributed by atoms with Gasteiger partial charge in [0.05, 0.1) is 22.5 Å². The largest absolute Gasteiger partial charge is 0.478 e. The monoisotopic (exact) mass is 652 g/mol. The summed E-state index contributed by atoms with van der Waals surface area (Å²) < 4.78 is 0. The zero-order valence-electron chi connectivity index (χ0n) is 27.1. The van der Waals surface area contributed by atoms with E-state index in [-0.39, 0.29) is 34.8 Å². The van der Waals surface area contributed by atoms with Crippen LogP contribution in [0.1, 0.15) is 65.8 Å². The number of carboxylic acids is 2. The lowest BCUT2D eigenvalue weighted by Gasteiger charge is -2.06. The molecular weight excluding hydrogens is 616 g/mol. The van der Waals surface area contributed by atoms with Gasteiger partial charge in [-0.25, -0.2) is 9.59 Å². The fourth-order valence-corrected chi connectivity index (χ4v) is 3.80. The number of aromatic carboxylic acids is 2. The molecule has 248 valence electrons. The average molecular weight is 653 g/mol. The van der Waals surface area contributed by atoms with Gasteiger partial charge in [0, 0.05) is 18.6 Å². The molecule has 4 aromatic carbocycles. The molecule has 11 nitrogen and oxygen atoms in total. The summed E-state index contributed by atoms with van der Waals surface area (Å²) >= 11 is 0. The molecule has 0 atom stereocenters. The maximum absolute atomic E-state index is 11.9. The van der Waals surface area contributed by atoms with Crippen LogP contribution in [0, 0.1) is 27.7 Å². The molecule has 0 bridgehead atoms. The van der Waals surface area contributed by atoms with Crippen molar-refractivity contribution in [2.45, 2.75) is 34.6 Å². The summed E-state index contributed by atoms with van der Waals surface area (Å²) in [6, 6.07) is 24.1. The number of aldehydes is 1. The number of anilines is 2. The maximum atomic E-state index is 11.9. The second-order valence-electron chi connectivity index (χ2n) is 10.1. The number of carboxylic acid groups (broad SMARTS) is 2. The van der Waals surface area contributed by atoms with Crippen molar-refractivity contribution in [3.63, 3.8) is 0 Å². The van der Waals surface area contributed by atoms with Crippen LogP contribution in [-0.2, 0) is 19.2 Å². The Morgan fingerprint density at radius 1 is 0.625 bits per heavy atom. The first-order chi connectivity index (χ1) is 22.7. The zero-order chi connectivity index (χ0) is 36.2. The van der Waals surface area contributed by atoms with E-state index in [4.69, 9.17) is 19.8 Å². The molecule has 0 aliphatic carbocycles. The smallest absolute Gasteiger partial charge is 0.373 e. The van der Waals surface area contributed by atoms with Gasteiger partial charge in [-0.1, -0.05) is 54.6 Å². The predicted molar refractivity (Wildman–Crippen MR) is 181 cm³/mol. The van der Waals surface area contributed by atoms with E-state index in [0.717, 1.165) is 23.0 Å². The van der Waals surface area contributed by atoms with Gasteiger partial charge < -0.3 is 20.8 Å². The standard InChI is InChI=1S/C18H17NO3.C9H9NO3.C9H10O.CO2/c1-12-7-8-14(11-13(12)2)9-10-17(20)19-16-6-4-3-5-15(16)18(21)22;1-6(11)10-8-5-3-2-4-7(8)9(12)13;1-7-3-4-9(6-10)5-8(7)2;2-1-3/h3-11H,1-2H3,(H,19,20)(H,21,22);2-5H,1H3,(H,10,11)(H,12,13);3-6H,1-2H3;/b10-9+;;;. The molecule has 0 unspecified atom stereocenters. The second-order valence-corrected chi connectivity index (χ2v) is 10.1. The number of hydrogen-bond donors (Lipinski definition) is 4. The first-order valence-corrected chi connectivity index (χ1v) is 14.2. The highest BCUT2D eigenvalue weighted by molar-refractivity contribution is 6.06. The lowest BCUT2D eigenvalue weighted by atomic mass is 10.1. The van der Waals surface area contributed by atoms with Gasteiger partial charge in [-0.15, -0.1) is 0 Å². The number of benzene rings is 4. The summed E-state index contributed by atoms with van der Waals surface area (Å²) in [5, 5.41) is 22.8. The number of rotatable bonds is 7. The predicted octanol–water partition coefficient (Wildman–Crippen LogP) is 6.53. The lowest BCUT2D eigenvalue weighted by Crippen LogP contribution is -2.11. The lowest BCUT2D eigenvalue weighted by molar-refractivity contribution is -0.191. The molecule has 4 rings (SSSR count). The highest BCUT2D eigenvalue weighted by Gasteiger charge is 2.10. The fraction of sp³-hybridized carbons (Fsp3) is 0.135.